The van der Waals surface area contributed by atoms with Gasteiger partial charge in [-0.25, -0.2) is 8.42 Å². The van der Waals surface area contributed by atoms with Crippen molar-refractivity contribution in [3.63, 3.8) is 0 Å². The van der Waals surface area contributed by atoms with Gasteiger partial charge in [-0.1, -0.05) is 6.92 Å². The topological polar surface area (TPSA) is 80.4 Å². The molecular weight excluding hydrogens is 190 g/mol. The maximum atomic E-state index is 11.3. The fourth-order valence-electron chi connectivity index (χ4n) is 1.93. The zero-order valence-corrected chi connectivity index (χ0v) is 8.68. The van der Waals surface area contributed by atoms with E-state index in [4.69, 9.17) is 5.73 Å². The second-order valence-electron chi connectivity index (χ2n) is 3.83. The molecule has 1 aliphatic heterocycles. The number of hydrogen-bond acceptors (Lipinski definition) is 4. The lowest BCUT2D eigenvalue weighted by Gasteiger charge is -2.30. The number of nitrogens with two attached hydrogens (primary N) is 1. The molecule has 1 rings (SSSR count). The first-order valence-corrected chi connectivity index (χ1v) is 6.36. The van der Waals surface area contributed by atoms with Gasteiger partial charge in [0.1, 0.15) is 0 Å². The molecule has 1 heterocycles. The van der Waals surface area contributed by atoms with Crippen LogP contribution < -0.4 is 5.73 Å². The van der Waals surface area contributed by atoms with Crippen LogP contribution in [0.4, 0.5) is 0 Å². The van der Waals surface area contributed by atoms with Gasteiger partial charge in [0.25, 0.3) is 0 Å². The SMILES string of the molecule is CCC(O)C1(CN)CCS(=O)(=O)C1. The third-order valence-corrected chi connectivity index (χ3v) is 4.76. The maximum Gasteiger partial charge on any atom is 0.151 e. The number of rotatable bonds is 3. The van der Waals surface area contributed by atoms with E-state index in [0.29, 0.717) is 12.8 Å². The van der Waals surface area contributed by atoms with E-state index in [1.807, 2.05) is 6.92 Å². The molecule has 5 heteroatoms. The highest BCUT2D eigenvalue weighted by Gasteiger charge is 2.45. The minimum atomic E-state index is -2.96. The Morgan fingerprint density at radius 2 is 2.23 bits per heavy atom. The van der Waals surface area contributed by atoms with Crippen molar-refractivity contribution >= 4 is 9.84 Å². The predicted molar refractivity (Wildman–Crippen MR) is 51.1 cm³/mol. The van der Waals surface area contributed by atoms with Crippen LogP contribution in [0.2, 0.25) is 0 Å². The molecule has 0 saturated carbocycles. The molecule has 1 fully saturated rings. The lowest BCUT2D eigenvalue weighted by atomic mass is 9.80. The average Bonchev–Trinajstić information content (AvgIpc) is 2.41. The van der Waals surface area contributed by atoms with E-state index in [1.165, 1.54) is 0 Å². The molecule has 0 aliphatic carbocycles. The Labute approximate surface area is 79.0 Å². The third kappa shape index (κ3) is 2.03. The van der Waals surface area contributed by atoms with Gasteiger partial charge in [-0.2, -0.15) is 0 Å². The van der Waals surface area contributed by atoms with E-state index < -0.39 is 21.4 Å². The summed E-state index contributed by atoms with van der Waals surface area (Å²) < 4.78 is 22.5. The Bertz CT molecular complexity index is 275. The predicted octanol–water partition coefficient (Wildman–Crippen LogP) is -0.479. The lowest BCUT2D eigenvalue weighted by molar-refractivity contribution is 0.0452. The van der Waals surface area contributed by atoms with Crippen molar-refractivity contribution in [3.05, 3.63) is 0 Å². The van der Waals surface area contributed by atoms with E-state index >= 15 is 0 Å². The molecule has 0 aromatic rings. The second kappa shape index (κ2) is 3.55. The summed E-state index contributed by atoms with van der Waals surface area (Å²) in [6.45, 7) is 2.09. The Balaban J connectivity index is 2.86. The highest BCUT2D eigenvalue weighted by atomic mass is 32.2. The number of sulfone groups is 1. The number of aliphatic hydroxyl groups excluding tert-OH is 1. The van der Waals surface area contributed by atoms with Gasteiger partial charge in [-0.15, -0.1) is 0 Å². The van der Waals surface area contributed by atoms with Crippen molar-refractivity contribution in [2.75, 3.05) is 18.1 Å². The molecule has 78 valence electrons. The molecule has 1 saturated heterocycles. The first-order chi connectivity index (χ1) is 5.96. The monoisotopic (exact) mass is 207 g/mol. The van der Waals surface area contributed by atoms with Crippen LogP contribution in [0.3, 0.4) is 0 Å². The molecule has 0 radical (unpaired) electrons. The van der Waals surface area contributed by atoms with Crippen molar-refractivity contribution in [2.24, 2.45) is 11.1 Å². The highest BCUT2D eigenvalue weighted by molar-refractivity contribution is 7.91. The van der Waals surface area contributed by atoms with Crippen LogP contribution in [0.5, 0.6) is 0 Å². The summed E-state index contributed by atoms with van der Waals surface area (Å²) in [7, 11) is -2.96. The summed E-state index contributed by atoms with van der Waals surface area (Å²) in [6, 6.07) is 0. The standard InChI is InChI=1S/C8H17NO3S/c1-2-7(10)8(5-9)3-4-13(11,12)6-8/h7,10H,2-6,9H2,1H3. The van der Waals surface area contributed by atoms with E-state index in [1.54, 1.807) is 0 Å². The molecule has 1 aliphatic rings. The van der Waals surface area contributed by atoms with Crippen molar-refractivity contribution in [2.45, 2.75) is 25.9 Å². The molecule has 2 unspecified atom stereocenters. The molecule has 13 heavy (non-hydrogen) atoms. The van der Waals surface area contributed by atoms with Crippen LogP contribution in [0.1, 0.15) is 19.8 Å². The molecule has 4 nitrogen and oxygen atoms in total. The fourth-order valence-corrected chi connectivity index (χ4v) is 4.13. The molecule has 3 N–H and O–H groups in total. The second-order valence-corrected chi connectivity index (χ2v) is 6.02. The van der Waals surface area contributed by atoms with Gasteiger partial charge < -0.3 is 10.8 Å². The van der Waals surface area contributed by atoms with Crippen LogP contribution in [0, 0.1) is 5.41 Å². The zero-order chi connectivity index (χ0) is 10.1. The van der Waals surface area contributed by atoms with E-state index in [0.717, 1.165) is 0 Å². The number of aliphatic hydroxyl groups is 1. The molecule has 0 spiro atoms. The van der Waals surface area contributed by atoms with Gasteiger partial charge in [0, 0.05) is 12.0 Å². The van der Waals surface area contributed by atoms with Crippen molar-refractivity contribution in [1.29, 1.82) is 0 Å². The van der Waals surface area contributed by atoms with Gasteiger partial charge in [-0.05, 0) is 12.8 Å². The summed E-state index contributed by atoms with van der Waals surface area (Å²) in [5.74, 6) is 0.215. The van der Waals surface area contributed by atoms with Gasteiger partial charge in [-0.3, -0.25) is 0 Å². The van der Waals surface area contributed by atoms with Crippen LogP contribution >= 0.6 is 0 Å². The fraction of sp³-hybridized carbons (Fsp3) is 1.00. The van der Waals surface area contributed by atoms with E-state index in [9.17, 15) is 13.5 Å². The summed E-state index contributed by atoms with van der Waals surface area (Å²) in [5, 5.41) is 9.70. The molecular formula is C8H17NO3S. The lowest BCUT2D eigenvalue weighted by Crippen LogP contribution is -2.42. The summed E-state index contributed by atoms with van der Waals surface area (Å²) in [5.41, 5.74) is 4.97. The van der Waals surface area contributed by atoms with Crippen molar-refractivity contribution < 1.29 is 13.5 Å². The third-order valence-electron chi connectivity index (χ3n) is 2.92. The molecule has 0 amide bonds. The molecule has 2 atom stereocenters. The van der Waals surface area contributed by atoms with Gasteiger partial charge in [0.15, 0.2) is 9.84 Å². The van der Waals surface area contributed by atoms with Gasteiger partial charge in [0.05, 0.1) is 17.6 Å². The van der Waals surface area contributed by atoms with Gasteiger partial charge >= 0.3 is 0 Å². The minimum absolute atomic E-state index is 0.0471. The van der Waals surface area contributed by atoms with E-state index in [-0.39, 0.29) is 18.1 Å². The summed E-state index contributed by atoms with van der Waals surface area (Å²) >= 11 is 0. The molecule has 0 bridgehead atoms. The Morgan fingerprint density at radius 3 is 2.54 bits per heavy atom. The first kappa shape index (κ1) is 10.9. The summed E-state index contributed by atoms with van der Waals surface area (Å²) in [4.78, 5) is 0. The zero-order valence-electron chi connectivity index (χ0n) is 7.86. The van der Waals surface area contributed by atoms with Crippen LogP contribution in [-0.2, 0) is 9.84 Å². The molecule has 0 aromatic carbocycles. The Morgan fingerprint density at radius 1 is 1.62 bits per heavy atom. The Hall–Kier alpha value is -0.130. The van der Waals surface area contributed by atoms with Crippen molar-refractivity contribution in [1.82, 2.24) is 0 Å². The number of hydrogen-bond donors (Lipinski definition) is 2. The molecule has 0 aromatic heterocycles. The Kier molecular flexibility index (Phi) is 2.99. The van der Waals surface area contributed by atoms with Crippen molar-refractivity contribution in [3.8, 4) is 0 Å². The van der Waals surface area contributed by atoms with Crippen LogP contribution in [-0.4, -0.2) is 37.7 Å². The van der Waals surface area contributed by atoms with E-state index in [2.05, 4.69) is 0 Å². The smallest absolute Gasteiger partial charge is 0.151 e. The normalized spacial score (nSPS) is 34.7. The van der Waals surface area contributed by atoms with Crippen LogP contribution in [0.25, 0.3) is 0 Å². The minimum Gasteiger partial charge on any atom is -0.392 e. The van der Waals surface area contributed by atoms with Crippen LogP contribution in [0.15, 0.2) is 0 Å². The average molecular weight is 207 g/mol. The first-order valence-electron chi connectivity index (χ1n) is 4.54. The quantitative estimate of drug-likeness (QED) is 0.655. The summed E-state index contributed by atoms with van der Waals surface area (Å²) in [6.07, 6.45) is 0.475. The highest BCUT2D eigenvalue weighted by Crippen LogP contribution is 2.35. The largest absolute Gasteiger partial charge is 0.392 e. The maximum absolute atomic E-state index is 11.3. The van der Waals surface area contributed by atoms with Gasteiger partial charge in [0.2, 0.25) is 0 Å².